The van der Waals surface area contributed by atoms with Gasteiger partial charge in [0.05, 0.1) is 16.6 Å². The van der Waals surface area contributed by atoms with Crippen LogP contribution in [0.5, 0.6) is 0 Å². The molecule has 0 saturated heterocycles. The molecule has 9 heteroatoms. The van der Waals surface area contributed by atoms with E-state index in [0.717, 1.165) is 10.6 Å². The summed E-state index contributed by atoms with van der Waals surface area (Å²) in [5.74, 6) is -1.84. The summed E-state index contributed by atoms with van der Waals surface area (Å²) in [4.78, 5) is 38.8. The summed E-state index contributed by atoms with van der Waals surface area (Å²) in [5.41, 5.74) is -1.42. The van der Waals surface area contributed by atoms with Crippen molar-refractivity contribution in [2.24, 2.45) is 0 Å². The van der Waals surface area contributed by atoms with Crippen molar-refractivity contribution in [3.63, 3.8) is 0 Å². The van der Waals surface area contributed by atoms with E-state index < -0.39 is 35.3 Å². The Bertz CT molecular complexity index is 1430. The van der Waals surface area contributed by atoms with E-state index in [1.165, 1.54) is 60.7 Å². The summed E-state index contributed by atoms with van der Waals surface area (Å²) < 4.78 is 29.2. The lowest BCUT2D eigenvalue weighted by Crippen LogP contribution is -2.41. The number of nitrogens with zero attached hydrogens (tertiary/aromatic N) is 2. The van der Waals surface area contributed by atoms with Crippen LogP contribution in [-0.2, 0) is 11.3 Å². The van der Waals surface area contributed by atoms with Crippen molar-refractivity contribution < 1.29 is 13.6 Å². The van der Waals surface area contributed by atoms with Gasteiger partial charge in [0.1, 0.15) is 18.2 Å². The van der Waals surface area contributed by atoms with E-state index >= 15 is 0 Å². The van der Waals surface area contributed by atoms with E-state index in [4.69, 9.17) is 11.6 Å². The highest BCUT2D eigenvalue weighted by molar-refractivity contribution is 6.31. The minimum Gasteiger partial charge on any atom is -0.325 e. The summed E-state index contributed by atoms with van der Waals surface area (Å²) in [6.45, 7) is -0.484. The van der Waals surface area contributed by atoms with Gasteiger partial charge in [0.2, 0.25) is 5.91 Å². The van der Waals surface area contributed by atoms with E-state index in [-0.39, 0.29) is 21.6 Å². The topological polar surface area (TPSA) is 73.1 Å². The van der Waals surface area contributed by atoms with Gasteiger partial charge in [0.25, 0.3) is 5.56 Å². The van der Waals surface area contributed by atoms with Crippen LogP contribution in [0.3, 0.4) is 0 Å². The second kappa shape index (κ2) is 8.16. The van der Waals surface area contributed by atoms with Gasteiger partial charge in [-0.05, 0) is 54.6 Å². The first-order chi connectivity index (χ1) is 14.8. The first-order valence-electron chi connectivity index (χ1n) is 9.10. The number of benzene rings is 3. The number of amides is 1. The predicted molar refractivity (Wildman–Crippen MR) is 114 cm³/mol. The molecule has 4 rings (SSSR count). The number of rotatable bonds is 4. The molecule has 0 aliphatic rings. The number of para-hydroxylation sites is 1. The number of carbonyl (C=O) groups excluding carboxylic acids is 1. The average Bonchev–Trinajstić information content (AvgIpc) is 2.74. The van der Waals surface area contributed by atoms with Crippen molar-refractivity contribution in [1.82, 2.24) is 9.13 Å². The molecule has 3 aromatic carbocycles. The first kappa shape index (κ1) is 20.5. The van der Waals surface area contributed by atoms with Crippen LogP contribution in [-0.4, -0.2) is 15.0 Å². The fraction of sp³-hybridized carbons (Fsp3) is 0.0455. The van der Waals surface area contributed by atoms with Gasteiger partial charge in [-0.2, -0.15) is 0 Å². The molecular formula is C22H14ClF2N3O3. The smallest absolute Gasteiger partial charge is 0.325 e. The molecule has 1 amide bonds. The van der Waals surface area contributed by atoms with Crippen molar-refractivity contribution in [2.45, 2.75) is 6.54 Å². The number of hydrogen-bond donors (Lipinski definition) is 1. The third-order valence-corrected chi connectivity index (χ3v) is 4.86. The molecule has 6 nitrogen and oxygen atoms in total. The number of anilines is 1. The van der Waals surface area contributed by atoms with Gasteiger partial charge >= 0.3 is 5.69 Å². The molecular weight excluding hydrogens is 428 g/mol. The van der Waals surface area contributed by atoms with Crippen molar-refractivity contribution in [3.05, 3.63) is 104 Å². The monoisotopic (exact) mass is 441 g/mol. The molecule has 1 N–H and O–H groups in total. The first-order valence-corrected chi connectivity index (χ1v) is 9.48. The number of fused-ring (bicyclic) bond motifs is 1. The Kier molecular flexibility index (Phi) is 5.39. The lowest BCUT2D eigenvalue weighted by Gasteiger charge is -2.15. The van der Waals surface area contributed by atoms with Gasteiger partial charge in [0, 0.05) is 10.7 Å². The third kappa shape index (κ3) is 3.97. The van der Waals surface area contributed by atoms with Gasteiger partial charge in [-0.3, -0.25) is 14.2 Å². The number of carbonyl (C=O) groups is 1. The van der Waals surface area contributed by atoms with Crippen LogP contribution >= 0.6 is 11.6 Å². The van der Waals surface area contributed by atoms with Gasteiger partial charge in [-0.15, -0.1) is 0 Å². The zero-order valence-corrected chi connectivity index (χ0v) is 16.6. The lowest BCUT2D eigenvalue weighted by atomic mass is 10.2. The molecule has 0 saturated carbocycles. The zero-order valence-electron chi connectivity index (χ0n) is 15.8. The molecule has 31 heavy (non-hydrogen) atoms. The zero-order chi connectivity index (χ0) is 22.1. The Morgan fingerprint density at radius 2 is 1.68 bits per heavy atom. The summed E-state index contributed by atoms with van der Waals surface area (Å²) >= 11 is 6.04. The summed E-state index contributed by atoms with van der Waals surface area (Å²) in [7, 11) is 0. The van der Waals surface area contributed by atoms with Crippen molar-refractivity contribution in [2.75, 3.05) is 5.32 Å². The van der Waals surface area contributed by atoms with Crippen LogP contribution < -0.4 is 16.6 Å². The molecule has 0 fully saturated rings. The van der Waals surface area contributed by atoms with Crippen molar-refractivity contribution in [1.29, 1.82) is 0 Å². The highest BCUT2D eigenvalue weighted by atomic mass is 35.5. The second-order valence-electron chi connectivity index (χ2n) is 6.68. The normalized spacial score (nSPS) is 10.9. The Labute approximate surface area is 178 Å². The van der Waals surface area contributed by atoms with Crippen LogP contribution in [0.25, 0.3) is 16.6 Å². The number of halogens is 3. The van der Waals surface area contributed by atoms with E-state index in [0.29, 0.717) is 10.3 Å². The number of nitrogens with one attached hydrogen (secondary N) is 1. The van der Waals surface area contributed by atoms with Gasteiger partial charge in [0.15, 0.2) is 0 Å². The fourth-order valence-electron chi connectivity index (χ4n) is 3.22. The second-order valence-corrected chi connectivity index (χ2v) is 7.11. The Morgan fingerprint density at radius 1 is 0.968 bits per heavy atom. The highest BCUT2D eigenvalue weighted by Gasteiger charge is 2.18. The molecule has 1 aromatic heterocycles. The van der Waals surface area contributed by atoms with E-state index in [2.05, 4.69) is 5.32 Å². The molecule has 0 atom stereocenters. The standard InChI is InChI=1S/C22H14ClF2N3O3/c23-13-5-10-16-19(11-13)27(12-20(29)26-15-8-6-14(24)7-9-15)22(31)28(21(16)30)18-4-2-1-3-17(18)25/h1-11H,12H2,(H,26,29). The van der Waals surface area contributed by atoms with E-state index in [9.17, 15) is 23.2 Å². The molecule has 0 aliphatic carbocycles. The van der Waals surface area contributed by atoms with Crippen LogP contribution in [0.4, 0.5) is 14.5 Å². The van der Waals surface area contributed by atoms with Gasteiger partial charge in [-0.1, -0.05) is 23.7 Å². The molecule has 0 spiro atoms. The van der Waals surface area contributed by atoms with Crippen LogP contribution in [0.15, 0.2) is 76.3 Å². The maximum absolute atomic E-state index is 14.4. The van der Waals surface area contributed by atoms with E-state index in [1.54, 1.807) is 0 Å². The largest absolute Gasteiger partial charge is 0.336 e. The molecule has 1 heterocycles. The average molecular weight is 442 g/mol. The van der Waals surface area contributed by atoms with Crippen LogP contribution in [0.2, 0.25) is 5.02 Å². The van der Waals surface area contributed by atoms with Crippen LogP contribution in [0.1, 0.15) is 0 Å². The third-order valence-electron chi connectivity index (χ3n) is 4.63. The predicted octanol–water partition coefficient (Wildman–Crippen LogP) is 3.72. The maximum atomic E-state index is 14.4. The van der Waals surface area contributed by atoms with E-state index in [1.807, 2.05) is 0 Å². The van der Waals surface area contributed by atoms with Crippen LogP contribution in [0, 0.1) is 11.6 Å². The highest BCUT2D eigenvalue weighted by Crippen LogP contribution is 2.18. The minimum atomic E-state index is -0.904. The summed E-state index contributed by atoms with van der Waals surface area (Å²) in [6, 6.07) is 14.7. The van der Waals surface area contributed by atoms with Crippen molar-refractivity contribution >= 4 is 34.1 Å². The Balaban J connectivity index is 1.87. The molecule has 156 valence electrons. The Morgan fingerprint density at radius 3 is 2.39 bits per heavy atom. The lowest BCUT2D eigenvalue weighted by molar-refractivity contribution is -0.116. The molecule has 0 bridgehead atoms. The fourth-order valence-corrected chi connectivity index (χ4v) is 3.38. The molecule has 0 radical (unpaired) electrons. The molecule has 0 unspecified atom stereocenters. The maximum Gasteiger partial charge on any atom is 0.336 e. The van der Waals surface area contributed by atoms with Gasteiger partial charge < -0.3 is 5.32 Å². The SMILES string of the molecule is O=C(Cn1c(=O)n(-c2ccccc2F)c(=O)c2ccc(Cl)cc21)Nc1ccc(F)cc1. The summed E-state index contributed by atoms with van der Waals surface area (Å²) in [6.07, 6.45) is 0. The quantitative estimate of drug-likeness (QED) is 0.524. The summed E-state index contributed by atoms with van der Waals surface area (Å²) in [5, 5.41) is 2.89. The number of hydrogen-bond acceptors (Lipinski definition) is 3. The van der Waals surface area contributed by atoms with Gasteiger partial charge in [-0.25, -0.2) is 18.1 Å². The number of aromatic nitrogens is 2. The minimum absolute atomic E-state index is 0.0850. The van der Waals surface area contributed by atoms with Crippen molar-refractivity contribution in [3.8, 4) is 5.69 Å². The molecule has 4 aromatic rings. The Hall–Kier alpha value is -3.78. The molecule has 0 aliphatic heterocycles.